The molecular formula is C7H9NO. The molecular weight excluding hydrogens is 114 g/mol. The lowest BCUT2D eigenvalue weighted by Gasteiger charge is -2.10. The highest BCUT2D eigenvalue weighted by Crippen LogP contribution is 2.14. The normalized spacial score (nSPS) is 9.44. The Morgan fingerprint density at radius 2 is 2.11 bits per heavy atom. The van der Waals surface area contributed by atoms with E-state index in [2.05, 4.69) is 13.2 Å². The summed E-state index contributed by atoms with van der Waals surface area (Å²) in [5, 5.41) is 0. The van der Waals surface area contributed by atoms with Crippen molar-refractivity contribution in [1.82, 2.24) is 4.74 Å². The Kier molecular flexibility index (Phi) is 1.30. The van der Waals surface area contributed by atoms with Crippen LogP contribution < -0.4 is 0 Å². The van der Waals surface area contributed by atoms with Crippen LogP contribution in [0.4, 0.5) is 0 Å². The maximum absolute atomic E-state index is 5.02. The van der Waals surface area contributed by atoms with E-state index in [0.29, 0.717) is 0 Å². The zero-order chi connectivity index (χ0) is 6.85. The van der Waals surface area contributed by atoms with Gasteiger partial charge < -0.3 is 4.52 Å². The van der Waals surface area contributed by atoms with Crippen molar-refractivity contribution >= 4 is 12.2 Å². The minimum atomic E-state index is 0.799. The average Bonchev–Trinajstić information content (AvgIpc) is 1.83. The summed E-state index contributed by atoms with van der Waals surface area (Å²) in [6, 6.07) is 0. The minimum absolute atomic E-state index is 0.799. The quantitative estimate of drug-likeness (QED) is 0.587. The second-order valence-electron chi connectivity index (χ2n) is 1.75. The summed E-state index contributed by atoms with van der Waals surface area (Å²) in [5.74, 6) is 0.799. The Balaban J connectivity index is 2.98. The van der Waals surface area contributed by atoms with Gasteiger partial charge in [0.1, 0.15) is 5.69 Å². The Labute approximate surface area is 54.0 Å². The van der Waals surface area contributed by atoms with Crippen LogP contribution in [0.3, 0.4) is 0 Å². The van der Waals surface area contributed by atoms with Crippen LogP contribution in [0.15, 0.2) is 17.7 Å². The van der Waals surface area contributed by atoms with E-state index in [1.807, 2.05) is 7.05 Å². The highest BCUT2D eigenvalue weighted by molar-refractivity contribution is 5.56. The van der Waals surface area contributed by atoms with Gasteiger partial charge in [0.05, 0.1) is 0 Å². The van der Waals surface area contributed by atoms with Gasteiger partial charge in [0.2, 0.25) is 0 Å². The van der Waals surface area contributed by atoms with E-state index in [1.165, 1.54) is 0 Å². The summed E-state index contributed by atoms with van der Waals surface area (Å²) in [6.07, 6.45) is 3.40. The van der Waals surface area contributed by atoms with Crippen LogP contribution in [-0.4, -0.2) is 4.74 Å². The van der Waals surface area contributed by atoms with Crippen molar-refractivity contribution in [1.29, 1.82) is 0 Å². The lowest BCUT2D eigenvalue weighted by molar-refractivity contribution is 0.233. The lowest BCUT2D eigenvalue weighted by atomic mass is 10.3. The first kappa shape index (κ1) is 5.95. The van der Waals surface area contributed by atoms with Crippen molar-refractivity contribution in [2.75, 3.05) is 0 Å². The topological polar surface area (TPSA) is 18.1 Å². The van der Waals surface area contributed by atoms with Crippen LogP contribution in [0.5, 0.6) is 0 Å². The van der Waals surface area contributed by atoms with Gasteiger partial charge in [-0.25, -0.2) is 4.74 Å². The molecule has 0 aliphatic carbocycles. The van der Waals surface area contributed by atoms with Crippen LogP contribution in [0.1, 0.15) is 11.5 Å². The van der Waals surface area contributed by atoms with Gasteiger partial charge in [0.25, 0.3) is 0 Å². The molecule has 0 saturated carbocycles. The molecule has 0 atom stereocenters. The molecule has 0 fully saturated rings. The first-order chi connectivity index (χ1) is 4.29. The number of aryl methyl sites for hydroxylation is 1. The Morgan fingerprint density at radius 1 is 1.44 bits per heavy atom. The fourth-order valence-electron chi connectivity index (χ4n) is 0.731. The van der Waals surface area contributed by atoms with E-state index in [-0.39, 0.29) is 0 Å². The molecule has 9 heavy (non-hydrogen) atoms. The number of nitrogens with zero attached hydrogens (tertiary/aromatic N) is 1. The third-order valence-corrected chi connectivity index (χ3v) is 1.21. The minimum Gasteiger partial charge on any atom is -0.377 e. The zero-order valence-corrected chi connectivity index (χ0v) is 5.42. The highest BCUT2D eigenvalue weighted by atomic mass is 16.5. The molecule has 0 spiro atoms. The number of hydrogen-bond acceptors (Lipinski definition) is 1. The molecule has 0 aliphatic heterocycles. The highest BCUT2D eigenvalue weighted by Gasteiger charge is 2.05. The van der Waals surface area contributed by atoms with E-state index in [9.17, 15) is 0 Å². The van der Waals surface area contributed by atoms with E-state index < -0.39 is 0 Å². The maximum Gasteiger partial charge on any atom is 0.181 e. The molecule has 0 aromatic carbocycles. The fraction of sp³-hybridized carbons (Fsp3) is 0.143. The summed E-state index contributed by atoms with van der Waals surface area (Å²) >= 11 is 0. The molecule has 2 heteroatoms. The summed E-state index contributed by atoms with van der Waals surface area (Å²) in [7, 11) is 1.82. The van der Waals surface area contributed by atoms with E-state index in [1.54, 1.807) is 16.9 Å². The molecule has 48 valence electrons. The van der Waals surface area contributed by atoms with Crippen molar-refractivity contribution in [3.05, 3.63) is 24.6 Å². The Bertz CT molecular complexity index is 230. The number of hydrogen-bond donors (Lipinski definition) is 0. The van der Waals surface area contributed by atoms with Gasteiger partial charge in [-0.1, -0.05) is 13.2 Å². The first-order valence-corrected chi connectivity index (χ1v) is 2.70. The molecule has 0 aliphatic rings. The third kappa shape index (κ3) is 0.721. The van der Waals surface area contributed by atoms with Crippen LogP contribution in [-0.2, 0) is 7.05 Å². The SMILES string of the molecule is C=Cc1on(C)c1C=C. The first-order valence-electron chi connectivity index (χ1n) is 2.70. The van der Waals surface area contributed by atoms with Gasteiger partial charge in [-0.05, 0) is 12.2 Å². The molecule has 0 radical (unpaired) electrons. The van der Waals surface area contributed by atoms with E-state index in [4.69, 9.17) is 4.52 Å². The molecule has 1 heterocycles. The fourth-order valence-corrected chi connectivity index (χ4v) is 0.731. The predicted octanol–water partition coefficient (Wildman–Crippen LogP) is 1.90. The number of aromatic nitrogens is 1. The van der Waals surface area contributed by atoms with Crippen molar-refractivity contribution in [2.45, 2.75) is 0 Å². The monoisotopic (exact) mass is 123 g/mol. The molecule has 0 amide bonds. The van der Waals surface area contributed by atoms with Crippen LogP contribution in [0.2, 0.25) is 0 Å². The van der Waals surface area contributed by atoms with E-state index >= 15 is 0 Å². The molecule has 0 N–H and O–H groups in total. The molecule has 2 nitrogen and oxygen atoms in total. The third-order valence-electron chi connectivity index (χ3n) is 1.21. The van der Waals surface area contributed by atoms with Crippen molar-refractivity contribution in [3.8, 4) is 0 Å². The van der Waals surface area contributed by atoms with Gasteiger partial charge in [-0.2, -0.15) is 0 Å². The van der Waals surface area contributed by atoms with Crippen molar-refractivity contribution in [2.24, 2.45) is 7.05 Å². The summed E-state index contributed by atoms with van der Waals surface area (Å²) in [5.41, 5.74) is 0.991. The second kappa shape index (κ2) is 1.97. The average molecular weight is 123 g/mol. The molecule has 0 unspecified atom stereocenters. The Hall–Kier alpha value is -1.18. The summed E-state index contributed by atoms with van der Waals surface area (Å²) in [6.45, 7) is 7.16. The van der Waals surface area contributed by atoms with Crippen molar-refractivity contribution in [3.63, 3.8) is 0 Å². The zero-order valence-electron chi connectivity index (χ0n) is 5.42. The van der Waals surface area contributed by atoms with Gasteiger partial charge >= 0.3 is 0 Å². The largest absolute Gasteiger partial charge is 0.377 e. The lowest BCUT2D eigenvalue weighted by Crippen LogP contribution is -2.04. The van der Waals surface area contributed by atoms with Gasteiger partial charge in [0.15, 0.2) is 5.76 Å². The second-order valence-corrected chi connectivity index (χ2v) is 1.75. The van der Waals surface area contributed by atoms with Gasteiger partial charge in [0, 0.05) is 7.05 Å². The smallest absolute Gasteiger partial charge is 0.181 e. The van der Waals surface area contributed by atoms with Crippen molar-refractivity contribution < 1.29 is 4.52 Å². The molecule has 1 aromatic rings. The molecule has 1 aromatic heterocycles. The molecule has 1 rings (SSSR count). The molecule has 0 saturated heterocycles. The maximum atomic E-state index is 5.02. The number of rotatable bonds is 2. The van der Waals surface area contributed by atoms with Crippen LogP contribution >= 0.6 is 0 Å². The van der Waals surface area contributed by atoms with E-state index in [0.717, 1.165) is 11.5 Å². The molecule has 0 bridgehead atoms. The summed E-state index contributed by atoms with van der Waals surface area (Å²) < 4.78 is 6.66. The standard InChI is InChI=1S/C7H9NO/c1-4-6-7(5-2)9-8(6)3/h4-5H,1-2H2,3H3. The van der Waals surface area contributed by atoms with Crippen LogP contribution in [0, 0.1) is 0 Å². The Morgan fingerprint density at radius 3 is 2.33 bits per heavy atom. The predicted molar refractivity (Wildman–Crippen MR) is 37.9 cm³/mol. The van der Waals surface area contributed by atoms with Crippen LogP contribution in [0.25, 0.3) is 12.2 Å². The summed E-state index contributed by atoms with van der Waals surface area (Å²) in [4.78, 5) is 0. The van der Waals surface area contributed by atoms with Gasteiger partial charge in [-0.15, -0.1) is 0 Å². The van der Waals surface area contributed by atoms with Gasteiger partial charge in [-0.3, -0.25) is 0 Å².